The third kappa shape index (κ3) is 5.17. The maximum atomic E-state index is 13.6. The molecule has 0 amide bonds. The second-order valence-corrected chi connectivity index (χ2v) is 11.4. The SMILES string of the molecule is CCOc1ccc(C(C)C)cc1S(=O)(=O)N1CCN(c2ccc(-c3ccc4ccccc4c3)nn2)CC1. The van der Waals surface area contributed by atoms with Crippen molar-refractivity contribution in [3.63, 3.8) is 0 Å². The lowest BCUT2D eigenvalue weighted by molar-refractivity contribution is 0.327. The summed E-state index contributed by atoms with van der Waals surface area (Å²) < 4.78 is 34.4. The van der Waals surface area contributed by atoms with E-state index < -0.39 is 10.0 Å². The molecule has 0 unspecified atom stereocenters. The molecule has 192 valence electrons. The number of ether oxygens (including phenoxy) is 1. The summed E-state index contributed by atoms with van der Waals surface area (Å²) in [6, 6.07) is 23.9. The van der Waals surface area contributed by atoms with Gasteiger partial charge in [0, 0.05) is 31.7 Å². The van der Waals surface area contributed by atoms with Gasteiger partial charge in [-0.1, -0.05) is 56.3 Å². The van der Waals surface area contributed by atoms with Crippen LogP contribution in [0.1, 0.15) is 32.3 Å². The monoisotopic (exact) mass is 516 g/mol. The van der Waals surface area contributed by atoms with Crippen LogP contribution in [-0.2, 0) is 10.0 Å². The number of hydrogen-bond acceptors (Lipinski definition) is 6. The summed E-state index contributed by atoms with van der Waals surface area (Å²) in [7, 11) is -3.69. The van der Waals surface area contributed by atoms with Crippen LogP contribution in [0.2, 0.25) is 0 Å². The maximum absolute atomic E-state index is 13.6. The van der Waals surface area contributed by atoms with Gasteiger partial charge in [0.05, 0.1) is 12.3 Å². The fourth-order valence-electron chi connectivity index (χ4n) is 4.65. The minimum Gasteiger partial charge on any atom is -0.492 e. The Morgan fingerprint density at radius 1 is 0.865 bits per heavy atom. The molecule has 1 aromatic heterocycles. The van der Waals surface area contributed by atoms with E-state index >= 15 is 0 Å². The lowest BCUT2D eigenvalue weighted by Gasteiger charge is -2.34. The first-order chi connectivity index (χ1) is 17.9. The zero-order chi connectivity index (χ0) is 26.0. The van der Waals surface area contributed by atoms with Gasteiger partial charge in [0.15, 0.2) is 5.82 Å². The molecule has 0 N–H and O–H groups in total. The number of piperazine rings is 1. The first-order valence-corrected chi connectivity index (χ1v) is 14.2. The Bertz CT molecular complexity index is 1500. The third-order valence-corrected chi connectivity index (χ3v) is 8.73. The van der Waals surface area contributed by atoms with Gasteiger partial charge in [0.25, 0.3) is 0 Å². The van der Waals surface area contributed by atoms with Gasteiger partial charge in [-0.05, 0) is 59.5 Å². The molecule has 0 aliphatic carbocycles. The molecule has 8 heteroatoms. The van der Waals surface area contributed by atoms with Crippen LogP contribution in [0.25, 0.3) is 22.0 Å². The van der Waals surface area contributed by atoms with E-state index in [1.807, 2.05) is 37.3 Å². The Balaban J connectivity index is 1.30. The second-order valence-electron chi connectivity index (χ2n) is 9.52. The maximum Gasteiger partial charge on any atom is 0.246 e. The smallest absolute Gasteiger partial charge is 0.246 e. The highest BCUT2D eigenvalue weighted by molar-refractivity contribution is 7.89. The second kappa shape index (κ2) is 10.5. The summed E-state index contributed by atoms with van der Waals surface area (Å²) in [5.41, 5.74) is 2.80. The summed E-state index contributed by atoms with van der Waals surface area (Å²) in [4.78, 5) is 2.32. The molecule has 1 aliphatic heterocycles. The van der Waals surface area contributed by atoms with Gasteiger partial charge in [-0.25, -0.2) is 8.42 Å². The van der Waals surface area contributed by atoms with Crippen molar-refractivity contribution in [2.75, 3.05) is 37.7 Å². The molecule has 1 saturated heterocycles. The van der Waals surface area contributed by atoms with Crippen molar-refractivity contribution in [1.82, 2.24) is 14.5 Å². The van der Waals surface area contributed by atoms with Crippen molar-refractivity contribution >= 4 is 26.6 Å². The molecule has 0 bridgehead atoms. The van der Waals surface area contributed by atoms with E-state index in [1.165, 1.54) is 5.39 Å². The number of benzene rings is 3. The molecule has 1 fully saturated rings. The van der Waals surface area contributed by atoms with Gasteiger partial charge in [-0.3, -0.25) is 0 Å². The third-order valence-electron chi connectivity index (χ3n) is 6.81. The van der Waals surface area contributed by atoms with Gasteiger partial charge >= 0.3 is 0 Å². The van der Waals surface area contributed by atoms with Crippen LogP contribution in [0.15, 0.2) is 77.7 Å². The van der Waals surface area contributed by atoms with Gasteiger partial charge in [-0.2, -0.15) is 4.31 Å². The molecule has 4 aromatic rings. The van der Waals surface area contributed by atoms with Gasteiger partial charge in [0.2, 0.25) is 10.0 Å². The number of sulfonamides is 1. The zero-order valence-electron chi connectivity index (χ0n) is 21.5. The minimum absolute atomic E-state index is 0.220. The molecule has 5 rings (SSSR count). The molecule has 2 heterocycles. The van der Waals surface area contributed by atoms with E-state index in [9.17, 15) is 8.42 Å². The highest BCUT2D eigenvalue weighted by Crippen LogP contribution is 2.31. The molecular formula is C29H32N4O3S. The van der Waals surface area contributed by atoms with Crippen molar-refractivity contribution in [2.24, 2.45) is 0 Å². The summed E-state index contributed by atoms with van der Waals surface area (Å²) in [6.45, 7) is 8.19. The largest absolute Gasteiger partial charge is 0.492 e. The topological polar surface area (TPSA) is 75.6 Å². The van der Waals surface area contributed by atoms with E-state index in [0.717, 1.165) is 28.0 Å². The van der Waals surface area contributed by atoms with E-state index in [2.05, 4.69) is 59.3 Å². The molecular weight excluding hydrogens is 484 g/mol. The molecule has 37 heavy (non-hydrogen) atoms. The summed E-state index contributed by atoms with van der Waals surface area (Å²) in [5, 5.41) is 11.3. The van der Waals surface area contributed by atoms with E-state index in [0.29, 0.717) is 38.5 Å². The number of nitrogens with zero attached hydrogens (tertiary/aromatic N) is 4. The van der Waals surface area contributed by atoms with Gasteiger partial charge in [0.1, 0.15) is 10.6 Å². The Kier molecular flexibility index (Phi) is 7.13. The average molecular weight is 517 g/mol. The Hall–Kier alpha value is -3.49. The van der Waals surface area contributed by atoms with Crippen LogP contribution in [0.4, 0.5) is 5.82 Å². The molecule has 0 radical (unpaired) electrons. The summed E-state index contributed by atoms with van der Waals surface area (Å²) >= 11 is 0. The molecule has 3 aromatic carbocycles. The van der Waals surface area contributed by atoms with Gasteiger partial charge < -0.3 is 9.64 Å². The fourth-order valence-corrected chi connectivity index (χ4v) is 6.24. The first kappa shape index (κ1) is 25.2. The highest BCUT2D eigenvalue weighted by Gasteiger charge is 2.32. The Morgan fingerprint density at radius 3 is 2.30 bits per heavy atom. The number of aromatic nitrogens is 2. The number of rotatable bonds is 7. The number of hydrogen-bond donors (Lipinski definition) is 0. The lowest BCUT2D eigenvalue weighted by Crippen LogP contribution is -2.49. The van der Waals surface area contributed by atoms with Crippen molar-refractivity contribution < 1.29 is 13.2 Å². The van der Waals surface area contributed by atoms with Gasteiger partial charge in [-0.15, -0.1) is 10.2 Å². The van der Waals surface area contributed by atoms with E-state index in [1.54, 1.807) is 16.4 Å². The zero-order valence-corrected chi connectivity index (χ0v) is 22.3. The predicted octanol–water partition coefficient (Wildman–Crippen LogP) is 5.33. The van der Waals surface area contributed by atoms with Crippen LogP contribution < -0.4 is 9.64 Å². The number of anilines is 1. The average Bonchev–Trinajstić information content (AvgIpc) is 2.93. The van der Waals surface area contributed by atoms with E-state index in [-0.39, 0.29) is 10.8 Å². The van der Waals surface area contributed by atoms with Crippen molar-refractivity contribution in [3.05, 3.63) is 78.4 Å². The van der Waals surface area contributed by atoms with Crippen LogP contribution in [0.5, 0.6) is 5.75 Å². The lowest BCUT2D eigenvalue weighted by atomic mass is 10.0. The quantitative estimate of drug-likeness (QED) is 0.331. The van der Waals surface area contributed by atoms with Crippen molar-refractivity contribution in [3.8, 4) is 17.0 Å². The molecule has 0 saturated carbocycles. The fraction of sp³-hybridized carbons (Fsp3) is 0.310. The normalized spacial score (nSPS) is 14.9. The van der Waals surface area contributed by atoms with Crippen molar-refractivity contribution in [2.45, 2.75) is 31.6 Å². The molecule has 1 aliphatic rings. The number of fused-ring (bicyclic) bond motifs is 1. The van der Waals surface area contributed by atoms with E-state index in [4.69, 9.17) is 4.74 Å². The Labute approximate surface area is 218 Å². The van der Waals surface area contributed by atoms with Crippen LogP contribution in [-0.4, -0.2) is 55.7 Å². The van der Waals surface area contributed by atoms with Crippen LogP contribution in [0, 0.1) is 0 Å². The molecule has 7 nitrogen and oxygen atoms in total. The first-order valence-electron chi connectivity index (χ1n) is 12.7. The summed E-state index contributed by atoms with van der Waals surface area (Å²) in [6.07, 6.45) is 0. The molecule has 0 spiro atoms. The molecule has 0 atom stereocenters. The summed E-state index contributed by atoms with van der Waals surface area (Å²) in [5.74, 6) is 1.38. The minimum atomic E-state index is -3.69. The van der Waals surface area contributed by atoms with Crippen molar-refractivity contribution in [1.29, 1.82) is 0 Å². The highest BCUT2D eigenvalue weighted by atomic mass is 32.2. The standard InChI is InChI=1S/C29H32N4O3S/c1-4-36-27-13-11-23(21(2)3)20-28(27)37(34,35)33-17-15-32(16-18-33)29-14-12-26(30-31-29)25-10-9-22-7-5-6-8-24(22)19-25/h5-14,19-21H,4,15-18H2,1-3H3. The van der Waals surface area contributed by atoms with Crippen LogP contribution >= 0.6 is 0 Å². The predicted molar refractivity (Wildman–Crippen MR) is 148 cm³/mol. The van der Waals surface area contributed by atoms with Crippen LogP contribution in [0.3, 0.4) is 0 Å². The Morgan fingerprint density at radius 2 is 1.62 bits per heavy atom.